The summed E-state index contributed by atoms with van der Waals surface area (Å²) in [5, 5.41) is 15.3. The lowest BCUT2D eigenvalue weighted by Gasteiger charge is -2.28. The maximum absolute atomic E-state index is 9.97. The molecule has 1 N–H and O–H groups in total. The van der Waals surface area contributed by atoms with E-state index < -0.39 is 6.10 Å². The highest BCUT2D eigenvalue weighted by molar-refractivity contribution is 6.32. The molecule has 0 bridgehead atoms. The third kappa shape index (κ3) is 5.18. The van der Waals surface area contributed by atoms with Crippen LogP contribution >= 0.6 is 11.6 Å². The summed E-state index contributed by atoms with van der Waals surface area (Å²) in [5.41, 5.74) is 2.85. The second-order valence-electron chi connectivity index (χ2n) is 7.53. The molecule has 0 aliphatic carbocycles. The quantitative estimate of drug-likeness (QED) is 0.556. The zero-order valence-electron chi connectivity index (χ0n) is 17.3. The van der Waals surface area contributed by atoms with Gasteiger partial charge in [-0.15, -0.1) is 0 Å². The fourth-order valence-electron chi connectivity index (χ4n) is 3.28. The summed E-state index contributed by atoms with van der Waals surface area (Å²) in [6, 6.07) is 17.7. The maximum Gasteiger partial charge on any atom is 0.222 e. The molecule has 1 aromatic heterocycles. The summed E-state index contributed by atoms with van der Waals surface area (Å²) in [6.45, 7) is 7.20. The Morgan fingerprint density at radius 1 is 1.07 bits per heavy atom. The number of hydrogen-bond donors (Lipinski definition) is 1. The van der Waals surface area contributed by atoms with Crippen LogP contribution < -0.4 is 4.74 Å². The summed E-state index contributed by atoms with van der Waals surface area (Å²) >= 11 is 6.33. The predicted octanol–water partition coefficient (Wildman–Crippen LogP) is 5.12. The van der Waals surface area contributed by atoms with Crippen molar-refractivity contribution in [3.63, 3.8) is 0 Å². The van der Waals surface area contributed by atoms with Crippen LogP contribution in [-0.4, -0.2) is 38.5 Å². The highest BCUT2D eigenvalue weighted by Crippen LogP contribution is 2.36. The molecule has 1 heterocycles. The molecule has 6 heteroatoms. The van der Waals surface area contributed by atoms with Gasteiger partial charge in [-0.05, 0) is 32.9 Å². The summed E-state index contributed by atoms with van der Waals surface area (Å²) < 4.78 is 7.99. The van der Waals surface area contributed by atoms with Gasteiger partial charge in [0, 0.05) is 31.7 Å². The van der Waals surface area contributed by atoms with Gasteiger partial charge in [-0.25, -0.2) is 4.68 Å². The average Bonchev–Trinajstić information content (AvgIpc) is 2.99. The molecule has 0 saturated heterocycles. The molecule has 0 fully saturated rings. The molecule has 5 nitrogen and oxygen atoms in total. The van der Waals surface area contributed by atoms with Crippen molar-refractivity contribution in [2.24, 2.45) is 7.05 Å². The van der Waals surface area contributed by atoms with Crippen LogP contribution in [0.2, 0.25) is 5.02 Å². The molecule has 29 heavy (non-hydrogen) atoms. The van der Waals surface area contributed by atoms with Crippen LogP contribution in [0.5, 0.6) is 11.6 Å². The van der Waals surface area contributed by atoms with Gasteiger partial charge in [0.25, 0.3) is 0 Å². The minimum absolute atomic E-state index is 0.251. The molecule has 0 aliphatic heterocycles. The van der Waals surface area contributed by atoms with Crippen molar-refractivity contribution in [1.82, 2.24) is 14.7 Å². The highest BCUT2D eigenvalue weighted by Gasteiger charge is 2.24. The average molecular weight is 414 g/mol. The van der Waals surface area contributed by atoms with Crippen LogP contribution in [0.15, 0.2) is 54.6 Å². The lowest BCUT2D eigenvalue weighted by molar-refractivity contribution is 0.102. The van der Waals surface area contributed by atoms with Crippen LogP contribution in [0, 0.1) is 0 Å². The molecule has 1 atom stereocenters. The number of hydrogen-bond acceptors (Lipinski definition) is 4. The standard InChI is InChI=1S/C23H28ClN3O2/c1-16(2)27(14-17(3)28)15-19-22(18-10-6-5-7-11-18)25-26(4)23(19)29-21-13-9-8-12-20(21)24/h5-13,16-17,28H,14-15H2,1-4H3/t17-/m0/s1. The first-order chi connectivity index (χ1) is 13.9. The molecule has 0 unspecified atom stereocenters. The van der Waals surface area contributed by atoms with E-state index in [9.17, 15) is 5.11 Å². The molecular weight excluding hydrogens is 386 g/mol. The Morgan fingerprint density at radius 2 is 1.72 bits per heavy atom. The number of benzene rings is 2. The maximum atomic E-state index is 9.97. The number of rotatable bonds is 8. The molecule has 0 radical (unpaired) electrons. The van der Waals surface area contributed by atoms with Crippen molar-refractivity contribution in [1.29, 1.82) is 0 Å². The van der Waals surface area contributed by atoms with Gasteiger partial charge in [-0.1, -0.05) is 54.1 Å². The van der Waals surface area contributed by atoms with Crippen LogP contribution in [0.1, 0.15) is 26.3 Å². The van der Waals surface area contributed by atoms with E-state index in [0.29, 0.717) is 29.7 Å². The van der Waals surface area contributed by atoms with E-state index >= 15 is 0 Å². The van der Waals surface area contributed by atoms with Crippen molar-refractivity contribution in [2.45, 2.75) is 39.5 Å². The summed E-state index contributed by atoms with van der Waals surface area (Å²) in [4.78, 5) is 2.22. The smallest absolute Gasteiger partial charge is 0.222 e. The van der Waals surface area contributed by atoms with Crippen molar-refractivity contribution in [3.05, 3.63) is 65.2 Å². The van der Waals surface area contributed by atoms with Gasteiger partial charge in [-0.2, -0.15) is 5.10 Å². The monoisotopic (exact) mass is 413 g/mol. The van der Waals surface area contributed by atoms with Crippen LogP contribution in [-0.2, 0) is 13.6 Å². The Morgan fingerprint density at radius 3 is 2.34 bits per heavy atom. The molecule has 154 valence electrons. The van der Waals surface area contributed by atoms with Crippen molar-refractivity contribution in [2.75, 3.05) is 6.54 Å². The lowest BCUT2D eigenvalue weighted by atomic mass is 10.1. The second kappa shape index (κ2) is 9.44. The number of nitrogens with zero attached hydrogens (tertiary/aromatic N) is 3. The molecule has 0 amide bonds. The lowest BCUT2D eigenvalue weighted by Crippen LogP contribution is -2.36. The zero-order valence-corrected chi connectivity index (χ0v) is 18.1. The fraction of sp³-hybridized carbons (Fsp3) is 0.348. The topological polar surface area (TPSA) is 50.5 Å². The number of halogens is 1. The van der Waals surface area contributed by atoms with Crippen molar-refractivity contribution >= 4 is 11.6 Å². The van der Waals surface area contributed by atoms with Gasteiger partial charge < -0.3 is 9.84 Å². The fourth-order valence-corrected chi connectivity index (χ4v) is 3.46. The highest BCUT2D eigenvalue weighted by atomic mass is 35.5. The number of aromatic nitrogens is 2. The van der Waals surface area contributed by atoms with Crippen LogP contribution in [0.4, 0.5) is 0 Å². The first-order valence-corrected chi connectivity index (χ1v) is 10.2. The van der Waals surface area contributed by atoms with E-state index in [0.717, 1.165) is 16.8 Å². The normalized spacial score (nSPS) is 12.6. The number of aliphatic hydroxyl groups is 1. The van der Waals surface area contributed by atoms with Gasteiger partial charge in [0.05, 0.1) is 16.7 Å². The predicted molar refractivity (Wildman–Crippen MR) is 117 cm³/mol. The Bertz CT molecular complexity index is 939. The van der Waals surface area contributed by atoms with Crippen molar-refractivity contribution in [3.8, 4) is 22.9 Å². The summed E-state index contributed by atoms with van der Waals surface area (Å²) in [5.74, 6) is 1.23. The van der Waals surface area contributed by atoms with E-state index in [1.807, 2.05) is 55.6 Å². The molecule has 3 rings (SSSR count). The molecule has 0 saturated carbocycles. The van der Waals surface area contributed by atoms with Gasteiger partial charge in [0.2, 0.25) is 5.88 Å². The molecule has 3 aromatic rings. The SMILES string of the molecule is CC(C)N(Cc1c(-c2ccccc2)nn(C)c1Oc1ccccc1Cl)C[C@H](C)O. The Balaban J connectivity index is 2.07. The van der Waals surface area contributed by atoms with Gasteiger partial charge >= 0.3 is 0 Å². The zero-order chi connectivity index (χ0) is 21.0. The summed E-state index contributed by atoms with van der Waals surface area (Å²) in [7, 11) is 1.87. The van der Waals surface area contributed by atoms with E-state index in [2.05, 4.69) is 18.7 Å². The van der Waals surface area contributed by atoms with E-state index in [1.54, 1.807) is 17.7 Å². The number of ether oxygens (including phenoxy) is 1. The number of para-hydroxylation sites is 1. The largest absolute Gasteiger partial charge is 0.437 e. The van der Waals surface area contributed by atoms with Gasteiger partial charge in [0.15, 0.2) is 0 Å². The van der Waals surface area contributed by atoms with Crippen LogP contribution in [0.25, 0.3) is 11.3 Å². The molecular formula is C23H28ClN3O2. The van der Waals surface area contributed by atoms with Crippen molar-refractivity contribution < 1.29 is 9.84 Å². The number of aliphatic hydroxyl groups excluding tert-OH is 1. The minimum Gasteiger partial charge on any atom is -0.437 e. The Labute approximate surface area is 177 Å². The van der Waals surface area contributed by atoms with E-state index in [-0.39, 0.29) is 6.04 Å². The third-order valence-corrected chi connectivity index (χ3v) is 5.08. The Hall–Kier alpha value is -2.34. The number of aryl methyl sites for hydroxylation is 1. The van der Waals surface area contributed by atoms with E-state index in [1.165, 1.54) is 0 Å². The summed E-state index contributed by atoms with van der Waals surface area (Å²) in [6.07, 6.45) is -0.429. The third-order valence-electron chi connectivity index (χ3n) is 4.77. The van der Waals surface area contributed by atoms with Crippen LogP contribution in [0.3, 0.4) is 0 Å². The molecule has 0 spiro atoms. The first-order valence-electron chi connectivity index (χ1n) is 9.82. The second-order valence-corrected chi connectivity index (χ2v) is 7.93. The molecule has 0 aliphatic rings. The van der Waals surface area contributed by atoms with Gasteiger partial charge in [-0.3, -0.25) is 4.90 Å². The molecule has 2 aromatic carbocycles. The first kappa shape index (κ1) is 21.4. The Kier molecular flexibility index (Phi) is 6.96. The minimum atomic E-state index is -0.429. The van der Waals surface area contributed by atoms with Gasteiger partial charge in [0.1, 0.15) is 11.4 Å². The van der Waals surface area contributed by atoms with E-state index in [4.69, 9.17) is 21.4 Å².